The molecule has 1 N–H and O–H groups in total. The second-order valence-electron chi connectivity index (χ2n) is 5.62. The molecule has 0 amide bonds. The molecule has 0 aromatic carbocycles. The van der Waals surface area contributed by atoms with Crippen molar-refractivity contribution in [2.24, 2.45) is 5.92 Å². The first kappa shape index (κ1) is 14.0. The zero-order valence-corrected chi connectivity index (χ0v) is 12.5. The summed E-state index contributed by atoms with van der Waals surface area (Å²) in [6, 6.07) is 2.96. The van der Waals surface area contributed by atoms with Crippen molar-refractivity contribution in [3.05, 3.63) is 22.4 Å². The zero-order valence-electron chi connectivity index (χ0n) is 11.7. The van der Waals surface area contributed by atoms with Crippen LogP contribution < -0.4 is 5.32 Å². The van der Waals surface area contributed by atoms with Crippen molar-refractivity contribution >= 4 is 11.3 Å². The number of nitrogens with zero attached hydrogens (tertiary/aromatic N) is 1. The fourth-order valence-corrected chi connectivity index (χ4v) is 3.80. The molecule has 0 radical (unpaired) electrons. The third kappa shape index (κ3) is 4.08. The number of rotatable bonds is 5. The summed E-state index contributed by atoms with van der Waals surface area (Å²) in [4.78, 5) is 2.49. The molecule has 1 aliphatic carbocycles. The molecular weight excluding hydrogens is 240 g/mol. The van der Waals surface area contributed by atoms with Gasteiger partial charge in [-0.05, 0) is 55.2 Å². The molecule has 0 aliphatic heterocycles. The molecule has 1 aromatic heterocycles. The zero-order chi connectivity index (χ0) is 12.8. The lowest BCUT2D eigenvalue weighted by atomic mass is 9.94. The Kier molecular flexibility index (Phi) is 5.67. The van der Waals surface area contributed by atoms with Crippen molar-refractivity contribution in [1.82, 2.24) is 10.2 Å². The lowest BCUT2D eigenvalue weighted by Gasteiger charge is -2.29. The largest absolute Gasteiger partial charge is 0.317 e. The summed E-state index contributed by atoms with van der Waals surface area (Å²) in [7, 11) is 4.39. The molecule has 2 rings (SSSR count). The van der Waals surface area contributed by atoms with Crippen molar-refractivity contribution in [3.63, 3.8) is 0 Å². The number of hydrogen-bond donors (Lipinski definition) is 1. The van der Waals surface area contributed by atoms with E-state index < -0.39 is 0 Å². The van der Waals surface area contributed by atoms with E-state index >= 15 is 0 Å². The highest BCUT2D eigenvalue weighted by atomic mass is 32.1. The molecule has 0 saturated heterocycles. The first-order valence-corrected chi connectivity index (χ1v) is 8.10. The fourth-order valence-electron chi connectivity index (χ4n) is 3.14. The first-order chi connectivity index (χ1) is 8.79. The van der Waals surface area contributed by atoms with Crippen LogP contribution in [0.25, 0.3) is 0 Å². The van der Waals surface area contributed by atoms with Crippen LogP contribution >= 0.6 is 11.3 Å². The van der Waals surface area contributed by atoms with Gasteiger partial charge in [-0.2, -0.15) is 11.3 Å². The van der Waals surface area contributed by atoms with Gasteiger partial charge in [0.25, 0.3) is 0 Å². The van der Waals surface area contributed by atoms with E-state index in [1.807, 2.05) is 0 Å². The molecule has 102 valence electrons. The monoisotopic (exact) mass is 266 g/mol. The Morgan fingerprint density at radius 1 is 1.33 bits per heavy atom. The van der Waals surface area contributed by atoms with Gasteiger partial charge in [0.1, 0.15) is 0 Å². The minimum absolute atomic E-state index is 0.720. The SMILES string of the molecule is CNC1CCCCCC1CN(C)Cc1ccsc1. The molecule has 1 fully saturated rings. The van der Waals surface area contributed by atoms with E-state index in [1.165, 1.54) is 44.2 Å². The Hall–Kier alpha value is -0.380. The van der Waals surface area contributed by atoms with Crippen molar-refractivity contribution in [1.29, 1.82) is 0 Å². The normalized spacial score (nSPS) is 25.3. The van der Waals surface area contributed by atoms with Crippen LogP contribution in [0.2, 0.25) is 0 Å². The highest BCUT2D eigenvalue weighted by Crippen LogP contribution is 2.24. The van der Waals surface area contributed by atoms with Crippen molar-refractivity contribution < 1.29 is 0 Å². The van der Waals surface area contributed by atoms with E-state index in [0.29, 0.717) is 0 Å². The topological polar surface area (TPSA) is 15.3 Å². The van der Waals surface area contributed by atoms with Crippen LogP contribution in [0.15, 0.2) is 16.8 Å². The van der Waals surface area contributed by atoms with Crippen LogP contribution in [0.3, 0.4) is 0 Å². The summed E-state index contributed by atoms with van der Waals surface area (Å²) in [5, 5.41) is 7.97. The average Bonchev–Trinajstić information content (AvgIpc) is 2.75. The quantitative estimate of drug-likeness (QED) is 0.822. The summed E-state index contributed by atoms with van der Waals surface area (Å²) in [6.45, 7) is 2.32. The van der Waals surface area contributed by atoms with E-state index in [2.05, 4.69) is 41.1 Å². The molecule has 1 heterocycles. The minimum atomic E-state index is 0.720. The number of thiophene rings is 1. The van der Waals surface area contributed by atoms with Gasteiger partial charge in [-0.15, -0.1) is 0 Å². The molecule has 2 atom stereocenters. The maximum absolute atomic E-state index is 3.53. The van der Waals surface area contributed by atoms with Gasteiger partial charge in [0.15, 0.2) is 0 Å². The van der Waals surface area contributed by atoms with Crippen LogP contribution in [0, 0.1) is 5.92 Å². The average molecular weight is 266 g/mol. The van der Waals surface area contributed by atoms with E-state index in [0.717, 1.165) is 18.5 Å². The lowest BCUT2D eigenvalue weighted by molar-refractivity contribution is 0.223. The smallest absolute Gasteiger partial charge is 0.0239 e. The van der Waals surface area contributed by atoms with Crippen molar-refractivity contribution in [2.75, 3.05) is 20.6 Å². The number of hydrogen-bond acceptors (Lipinski definition) is 3. The van der Waals surface area contributed by atoms with Crippen molar-refractivity contribution in [2.45, 2.75) is 44.7 Å². The maximum Gasteiger partial charge on any atom is 0.0239 e. The van der Waals surface area contributed by atoms with E-state index in [9.17, 15) is 0 Å². The molecule has 1 aromatic rings. The predicted octanol–water partition coefficient (Wildman–Crippen LogP) is 3.35. The van der Waals surface area contributed by atoms with Crippen LogP contribution in [0.5, 0.6) is 0 Å². The van der Waals surface area contributed by atoms with Crippen LogP contribution in [0.4, 0.5) is 0 Å². The molecule has 2 nitrogen and oxygen atoms in total. The van der Waals surface area contributed by atoms with Crippen LogP contribution in [-0.4, -0.2) is 31.6 Å². The maximum atomic E-state index is 3.53. The van der Waals surface area contributed by atoms with Crippen molar-refractivity contribution in [3.8, 4) is 0 Å². The molecule has 0 bridgehead atoms. The van der Waals surface area contributed by atoms with Gasteiger partial charge in [-0.25, -0.2) is 0 Å². The summed E-state index contributed by atoms with van der Waals surface area (Å²) < 4.78 is 0. The second-order valence-corrected chi connectivity index (χ2v) is 6.40. The summed E-state index contributed by atoms with van der Waals surface area (Å²) in [5.41, 5.74) is 1.46. The Bertz CT molecular complexity index is 323. The lowest BCUT2D eigenvalue weighted by Crippen LogP contribution is -2.39. The second kappa shape index (κ2) is 7.27. The van der Waals surface area contributed by atoms with Gasteiger partial charge in [0.2, 0.25) is 0 Å². The molecule has 1 aliphatic rings. The van der Waals surface area contributed by atoms with Crippen LogP contribution in [0.1, 0.15) is 37.7 Å². The highest BCUT2D eigenvalue weighted by Gasteiger charge is 2.23. The first-order valence-electron chi connectivity index (χ1n) is 7.16. The fraction of sp³-hybridized carbons (Fsp3) is 0.733. The summed E-state index contributed by atoms with van der Waals surface area (Å²) in [6.07, 6.45) is 6.97. The molecule has 3 heteroatoms. The molecular formula is C15H26N2S. The van der Waals surface area contributed by atoms with Gasteiger partial charge in [-0.3, -0.25) is 0 Å². The van der Waals surface area contributed by atoms with Gasteiger partial charge in [-0.1, -0.05) is 19.3 Å². The Morgan fingerprint density at radius 2 is 2.17 bits per heavy atom. The van der Waals surface area contributed by atoms with Gasteiger partial charge in [0, 0.05) is 19.1 Å². The predicted molar refractivity (Wildman–Crippen MR) is 80.1 cm³/mol. The molecule has 1 saturated carbocycles. The highest BCUT2D eigenvalue weighted by molar-refractivity contribution is 7.07. The summed E-state index contributed by atoms with van der Waals surface area (Å²) in [5.74, 6) is 0.820. The van der Waals surface area contributed by atoms with Gasteiger partial charge < -0.3 is 10.2 Å². The number of nitrogens with one attached hydrogen (secondary N) is 1. The van der Waals surface area contributed by atoms with E-state index in [4.69, 9.17) is 0 Å². The van der Waals surface area contributed by atoms with E-state index in [-0.39, 0.29) is 0 Å². The Labute approximate surface area is 115 Å². The third-order valence-electron chi connectivity index (χ3n) is 4.11. The molecule has 18 heavy (non-hydrogen) atoms. The van der Waals surface area contributed by atoms with E-state index in [1.54, 1.807) is 11.3 Å². The molecule has 0 spiro atoms. The Balaban J connectivity index is 1.85. The third-order valence-corrected chi connectivity index (χ3v) is 4.84. The summed E-state index contributed by atoms with van der Waals surface area (Å²) >= 11 is 1.80. The standard InChI is InChI=1S/C15H26N2S/c1-16-15-7-5-3-4-6-14(15)11-17(2)10-13-8-9-18-12-13/h8-9,12,14-16H,3-7,10-11H2,1-2H3. The van der Waals surface area contributed by atoms with Gasteiger partial charge in [0.05, 0.1) is 0 Å². The Morgan fingerprint density at radius 3 is 2.89 bits per heavy atom. The minimum Gasteiger partial charge on any atom is -0.317 e. The molecule has 2 unspecified atom stereocenters. The van der Waals surface area contributed by atoms with Gasteiger partial charge >= 0.3 is 0 Å². The van der Waals surface area contributed by atoms with Crippen LogP contribution in [-0.2, 0) is 6.54 Å².